The Morgan fingerprint density at radius 3 is 1.43 bits per heavy atom. The van der Waals surface area contributed by atoms with Crippen molar-refractivity contribution in [3.8, 4) is 66.8 Å². The molecule has 0 bridgehead atoms. The average molecular weight is 980 g/mol. The van der Waals surface area contributed by atoms with Crippen LogP contribution in [0.15, 0.2) is 212 Å². The van der Waals surface area contributed by atoms with Gasteiger partial charge in [-0.25, -0.2) is 0 Å². The van der Waals surface area contributed by atoms with Crippen LogP contribution in [-0.4, -0.2) is 0 Å². The summed E-state index contributed by atoms with van der Waals surface area (Å²) in [5.41, 5.74) is 31.6. The van der Waals surface area contributed by atoms with Gasteiger partial charge in [0.1, 0.15) is 0 Å². The average Bonchev–Trinajstić information content (AvgIpc) is 4.22. The lowest BCUT2D eigenvalue weighted by Crippen LogP contribution is -2.27. The van der Waals surface area contributed by atoms with Crippen LogP contribution < -0.4 is 4.90 Å². The van der Waals surface area contributed by atoms with Crippen LogP contribution in [0.1, 0.15) is 125 Å². The molecular formula is C75H65N. The second kappa shape index (κ2) is 16.0. The summed E-state index contributed by atoms with van der Waals surface area (Å²) in [4.78, 5) is 2.61. The molecule has 0 unspecified atom stereocenters. The van der Waals surface area contributed by atoms with Crippen molar-refractivity contribution in [1.29, 1.82) is 0 Å². The third-order valence-electron chi connectivity index (χ3n) is 18.2. The van der Waals surface area contributed by atoms with Gasteiger partial charge in [0.15, 0.2) is 0 Å². The molecule has 0 amide bonds. The van der Waals surface area contributed by atoms with E-state index in [-0.39, 0.29) is 21.7 Å². The van der Waals surface area contributed by atoms with Crippen molar-refractivity contribution in [2.45, 2.75) is 96.3 Å². The van der Waals surface area contributed by atoms with E-state index >= 15 is 0 Å². The number of hydrogen-bond acceptors (Lipinski definition) is 1. The number of benzene rings is 10. The lowest BCUT2D eigenvalue weighted by Gasteiger charge is -2.34. The molecule has 14 rings (SSSR count). The fourth-order valence-corrected chi connectivity index (χ4v) is 14.4. The van der Waals surface area contributed by atoms with Gasteiger partial charge in [0.25, 0.3) is 0 Å². The third kappa shape index (κ3) is 6.38. The molecule has 1 nitrogen and oxygen atoms in total. The molecule has 76 heavy (non-hydrogen) atoms. The molecule has 370 valence electrons. The molecule has 1 spiro atoms. The Bertz CT molecular complexity index is 4020. The topological polar surface area (TPSA) is 3.24 Å². The number of rotatable bonds is 5. The molecule has 0 radical (unpaired) electrons. The van der Waals surface area contributed by atoms with E-state index in [2.05, 4.69) is 286 Å². The van der Waals surface area contributed by atoms with Crippen LogP contribution in [0.4, 0.5) is 17.1 Å². The molecule has 10 aromatic carbocycles. The fourth-order valence-electron chi connectivity index (χ4n) is 14.4. The maximum absolute atomic E-state index is 2.61. The molecule has 10 aromatic rings. The van der Waals surface area contributed by atoms with Gasteiger partial charge in [-0.3, -0.25) is 0 Å². The fraction of sp³-hybridized carbons (Fsp3) is 0.200. The molecule has 0 heterocycles. The first-order chi connectivity index (χ1) is 36.5. The smallest absolute Gasteiger partial charge is 0.0726 e. The Morgan fingerprint density at radius 1 is 0.303 bits per heavy atom. The molecule has 4 aliphatic carbocycles. The van der Waals surface area contributed by atoms with Crippen LogP contribution >= 0.6 is 0 Å². The summed E-state index contributed by atoms with van der Waals surface area (Å²) in [7, 11) is 0. The predicted octanol–water partition coefficient (Wildman–Crippen LogP) is 20.0. The van der Waals surface area contributed by atoms with Crippen molar-refractivity contribution in [1.82, 2.24) is 0 Å². The molecule has 0 saturated carbocycles. The highest BCUT2D eigenvalue weighted by Gasteiger charge is 2.53. The summed E-state index contributed by atoms with van der Waals surface area (Å²) in [5, 5.41) is 0. The Balaban J connectivity index is 1.05. The Kier molecular flexibility index (Phi) is 9.80. The van der Waals surface area contributed by atoms with Crippen LogP contribution in [0.3, 0.4) is 0 Å². The van der Waals surface area contributed by atoms with Crippen molar-refractivity contribution in [2.75, 3.05) is 4.90 Å². The maximum Gasteiger partial charge on any atom is 0.0726 e. The normalized spacial score (nSPS) is 15.3. The van der Waals surface area contributed by atoms with Gasteiger partial charge in [0, 0.05) is 27.6 Å². The van der Waals surface area contributed by atoms with Crippen LogP contribution in [0, 0.1) is 0 Å². The Morgan fingerprint density at radius 2 is 0.763 bits per heavy atom. The van der Waals surface area contributed by atoms with Crippen LogP contribution in [0.25, 0.3) is 66.8 Å². The van der Waals surface area contributed by atoms with Gasteiger partial charge in [-0.2, -0.15) is 0 Å². The maximum atomic E-state index is 2.61. The molecule has 0 aromatic heterocycles. The lowest BCUT2D eigenvalue weighted by atomic mass is 9.69. The minimum atomic E-state index is -0.548. The highest BCUT2D eigenvalue weighted by atomic mass is 15.1. The van der Waals surface area contributed by atoms with Gasteiger partial charge in [-0.1, -0.05) is 251 Å². The summed E-state index contributed by atoms with van der Waals surface area (Å²) < 4.78 is 0. The van der Waals surface area contributed by atoms with E-state index in [0.29, 0.717) is 0 Å². The monoisotopic (exact) mass is 980 g/mol. The summed E-state index contributed by atoms with van der Waals surface area (Å²) in [6.07, 6.45) is 0. The zero-order valence-electron chi connectivity index (χ0n) is 45.7. The van der Waals surface area contributed by atoms with Gasteiger partial charge >= 0.3 is 0 Å². The molecule has 0 saturated heterocycles. The Hall–Kier alpha value is -8.00. The molecule has 0 aliphatic heterocycles. The van der Waals surface area contributed by atoms with E-state index < -0.39 is 5.41 Å². The van der Waals surface area contributed by atoms with Crippen molar-refractivity contribution in [2.24, 2.45) is 0 Å². The summed E-state index contributed by atoms with van der Waals surface area (Å²) in [6, 6.07) is 82.0. The minimum absolute atomic E-state index is 0.0394. The van der Waals surface area contributed by atoms with Gasteiger partial charge in [0.2, 0.25) is 0 Å². The van der Waals surface area contributed by atoms with Crippen LogP contribution in [-0.2, 0) is 27.1 Å². The standard InChI is InChI=1S/C75H65N/c1-71(2,3)48-37-40-56-57-41-38-49(72(4,5)6)45-66(57)75(65(56)44-48)62-32-17-13-27-59(62)69-63(75)33-21-35-68(69)76(50-23-19-22-46(42-50)52-28-20-29-58-54-26-12-16-31-61(54)74(9,10)70(52)58)67-34-18-14-24-51(67)47-36-39-55-53-25-11-15-30-60(53)73(7,8)64(55)43-47/h11-45H,1-10H3. The summed E-state index contributed by atoms with van der Waals surface area (Å²) in [6.45, 7) is 23.7. The highest BCUT2D eigenvalue weighted by Crippen LogP contribution is 2.66. The summed E-state index contributed by atoms with van der Waals surface area (Å²) in [5.74, 6) is 0. The number of hydrogen-bond donors (Lipinski definition) is 0. The second-order valence-electron chi connectivity index (χ2n) is 25.2. The van der Waals surface area contributed by atoms with Crippen molar-refractivity contribution >= 4 is 17.1 Å². The first kappa shape index (κ1) is 46.5. The van der Waals surface area contributed by atoms with Crippen LogP contribution in [0.2, 0.25) is 0 Å². The molecule has 4 aliphatic rings. The van der Waals surface area contributed by atoms with Crippen molar-refractivity contribution in [3.05, 3.63) is 268 Å². The quantitative estimate of drug-likeness (QED) is 0.166. The van der Waals surface area contributed by atoms with E-state index in [1.54, 1.807) is 0 Å². The molecule has 0 N–H and O–H groups in total. The van der Waals surface area contributed by atoms with Crippen LogP contribution in [0.5, 0.6) is 0 Å². The van der Waals surface area contributed by atoms with E-state index in [9.17, 15) is 0 Å². The second-order valence-corrected chi connectivity index (χ2v) is 25.2. The van der Waals surface area contributed by atoms with Gasteiger partial charge in [-0.15, -0.1) is 0 Å². The highest BCUT2D eigenvalue weighted by molar-refractivity contribution is 6.03. The number of nitrogens with zero attached hydrogens (tertiary/aromatic N) is 1. The van der Waals surface area contributed by atoms with E-state index in [1.165, 1.54) is 128 Å². The van der Waals surface area contributed by atoms with E-state index in [4.69, 9.17) is 0 Å². The zero-order chi connectivity index (χ0) is 52.3. The first-order valence-electron chi connectivity index (χ1n) is 27.5. The number of anilines is 3. The predicted molar refractivity (Wildman–Crippen MR) is 321 cm³/mol. The van der Waals surface area contributed by atoms with Gasteiger partial charge < -0.3 is 4.90 Å². The van der Waals surface area contributed by atoms with E-state index in [1.807, 2.05) is 0 Å². The van der Waals surface area contributed by atoms with Crippen molar-refractivity contribution < 1.29 is 0 Å². The first-order valence-corrected chi connectivity index (χ1v) is 27.5. The molecule has 0 atom stereocenters. The molecular weight excluding hydrogens is 915 g/mol. The minimum Gasteiger partial charge on any atom is -0.309 e. The lowest BCUT2D eigenvalue weighted by molar-refractivity contribution is 0.586. The summed E-state index contributed by atoms with van der Waals surface area (Å²) >= 11 is 0. The largest absolute Gasteiger partial charge is 0.309 e. The Labute approximate surface area is 450 Å². The molecule has 1 heteroatoms. The third-order valence-corrected chi connectivity index (χ3v) is 18.2. The number of fused-ring (bicyclic) bond motifs is 16. The van der Waals surface area contributed by atoms with Gasteiger partial charge in [-0.05, 0) is 152 Å². The van der Waals surface area contributed by atoms with Crippen molar-refractivity contribution in [3.63, 3.8) is 0 Å². The van der Waals surface area contributed by atoms with E-state index in [0.717, 1.165) is 11.4 Å². The SMILES string of the molecule is CC(C)(C)c1ccc2c(c1)C1(c3cc(C(C)(C)C)ccc3-2)c2ccccc2-c2c(N(c3cccc(-c4cccc5c4C(C)(C)c4ccccc4-5)c3)c3ccccc3-c3ccc4c(c3)C(C)(C)c3ccccc3-4)cccc21. The number of para-hydroxylation sites is 1. The van der Waals surface area contributed by atoms with Gasteiger partial charge in [0.05, 0.1) is 16.8 Å². The molecule has 0 fully saturated rings. The zero-order valence-corrected chi connectivity index (χ0v) is 45.7.